The van der Waals surface area contributed by atoms with Crippen LogP contribution in [-0.4, -0.2) is 48.5 Å². The van der Waals surface area contributed by atoms with Gasteiger partial charge in [0.05, 0.1) is 16.9 Å². The van der Waals surface area contributed by atoms with Gasteiger partial charge in [-0.05, 0) is 51.8 Å². The lowest BCUT2D eigenvalue weighted by Crippen LogP contribution is -2.46. The minimum Gasteiger partial charge on any atom is -0.449 e. The van der Waals surface area contributed by atoms with Gasteiger partial charge in [0.2, 0.25) is 5.91 Å². The van der Waals surface area contributed by atoms with Gasteiger partial charge in [-0.1, -0.05) is 0 Å². The molecule has 9 nitrogen and oxygen atoms in total. The van der Waals surface area contributed by atoms with Gasteiger partial charge in [-0.3, -0.25) is 14.9 Å². The maximum Gasteiger partial charge on any atom is 0.338 e. The molecule has 4 amide bonds. The molecule has 1 aromatic carbocycles. The number of imide groups is 1. The Kier molecular flexibility index (Phi) is 5.53. The number of nitrogens with one attached hydrogen (secondary N) is 3. The van der Waals surface area contributed by atoms with Crippen molar-refractivity contribution in [2.45, 2.75) is 51.8 Å². The molecule has 0 saturated carbocycles. The number of benzene rings is 1. The summed E-state index contributed by atoms with van der Waals surface area (Å²) in [5.74, 6) is -1.52. The van der Waals surface area contributed by atoms with Gasteiger partial charge in [-0.15, -0.1) is 0 Å². The van der Waals surface area contributed by atoms with Crippen molar-refractivity contribution in [2.24, 2.45) is 0 Å². The number of carbonyl (C=O) groups is 4. The lowest BCUT2D eigenvalue weighted by Gasteiger charge is -2.33. The SMILES string of the molecule is CC(C)NC(=O)NC(=O)[C@@H](C)OC(=O)c1ccc2c(c1)NC(=O)[C@H]1CCCN21. The van der Waals surface area contributed by atoms with E-state index in [1.54, 1.807) is 32.0 Å². The van der Waals surface area contributed by atoms with Crippen LogP contribution in [0.2, 0.25) is 0 Å². The number of hydrogen-bond donors (Lipinski definition) is 3. The predicted molar refractivity (Wildman–Crippen MR) is 102 cm³/mol. The number of esters is 1. The Balaban J connectivity index is 1.65. The van der Waals surface area contributed by atoms with Crippen LogP contribution in [0.5, 0.6) is 0 Å². The van der Waals surface area contributed by atoms with Crippen LogP contribution >= 0.6 is 0 Å². The largest absolute Gasteiger partial charge is 0.449 e. The van der Waals surface area contributed by atoms with E-state index >= 15 is 0 Å². The summed E-state index contributed by atoms with van der Waals surface area (Å²) in [6, 6.07) is 3.96. The summed E-state index contributed by atoms with van der Waals surface area (Å²) in [4.78, 5) is 50.2. The number of rotatable bonds is 4. The van der Waals surface area contributed by atoms with E-state index in [1.807, 2.05) is 4.90 Å². The summed E-state index contributed by atoms with van der Waals surface area (Å²) in [5, 5.41) is 7.46. The Morgan fingerprint density at radius 3 is 2.71 bits per heavy atom. The molecule has 0 unspecified atom stereocenters. The van der Waals surface area contributed by atoms with Gasteiger partial charge in [0.15, 0.2) is 6.10 Å². The van der Waals surface area contributed by atoms with Crippen molar-refractivity contribution in [1.82, 2.24) is 10.6 Å². The number of amides is 4. The van der Waals surface area contributed by atoms with Gasteiger partial charge in [0, 0.05) is 12.6 Å². The molecule has 2 heterocycles. The first-order chi connectivity index (χ1) is 13.3. The molecule has 3 rings (SSSR count). The maximum absolute atomic E-state index is 12.4. The van der Waals surface area contributed by atoms with Crippen LogP contribution in [0.1, 0.15) is 44.0 Å². The van der Waals surface area contributed by atoms with E-state index in [0.29, 0.717) is 5.69 Å². The second-order valence-electron chi connectivity index (χ2n) is 7.24. The molecular weight excluding hydrogens is 364 g/mol. The van der Waals surface area contributed by atoms with Crippen molar-refractivity contribution >= 4 is 35.2 Å². The van der Waals surface area contributed by atoms with E-state index in [0.717, 1.165) is 25.1 Å². The zero-order valence-electron chi connectivity index (χ0n) is 16.1. The molecule has 2 aliphatic rings. The predicted octanol–water partition coefficient (Wildman–Crippen LogP) is 1.39. The molecule has 0 aromatic heterocycles. The molecule has 3 N–H and O–H groups in total. The summed E-state index contributed by atoms with van der Waals surface area (Å²) >= 11 is 0. The number of nitrogens with zero attached hydrogens (tertiary/aromatic N) is 1. The van der Waals surface area contributed by atoms with Crippen LogP contribution in [0, 0.1) is 0 Å². The summed E-state index contributed by atoms with van der Waals surface area (Å²) < 4.78 is 5.15. The number of anilines is 2. The van der Waals surface area contributed by atoms with Gasteiger partial charge in [-0.2, -0.15) is 0 Å². The number of ether oxygens (including phenoxy) is 1. The molecule has 150 valence electrons. The van der Waals surface area contributed by atoms with Crippen molar-refractivity contribution in [1.29, 1.82) is 0 Å². The number of hydrogen-bond acceptors (Lipinski definition) is 6. The van der Waals surface area contributed by atoms with Crippen LogP contribution in [-0.2, 0) is 14.3 Å². The zero-order valence-corrected chi connectivity index (χ0v) is 16.1. The van der Waals surface area contributed by atoms with E-state index in [-0.39, 0.29) is 23.6 Å². The van der Waals surface area contributed by atoms with E-state index in [1.165, 1.54) is 6.92 Å². The van der Waals surface area contributed by atoms with Gasteiger partial charge >= 0.3 is 12.0 Å². The molecule has 2 aliphatic heterocycles. The van der Waals surface area contributed by atoms with Crippen LogP contribution in [0.4, 0.5) is 16.2 Å². The van der Waals surface area contributed by atoms with Crippen molar-refractivity contribution in [3.8, 4) is 0 Å². The van der Waals surface area contributed by atoms with Crippen molar-refractivity contribution < 1.29 is 23.9 Å². The van der Waals surface area contributed by atoms with Crippen molar-refractivity contribution in [3.63, 3.8) is 0 Å². The highest BCUT2D eigenvalue weighted by atomic mass is 16.5. The molecule has 2 atom stereocenters. The fourth-order valence-corrected chi connectivity index (χ4v) is 3.35. The van der Waals surface area contributed by atoms with E-state index in [2.05, 4.69) is 16.0 Å². The van der Waals surface area contributed by atoms with Gasteiger partial charge in [0.25, 0.3) is 5.91 Å². The molecule has 28 heavy (non-hydrogen) atoms. The Morgan fingerprint density at radius 1 is 1.25 bits per heavy atom. The van der Waals surface area contributed by atoms with E-state index in [4.69, 9.17) is 4.74 Å². The first kappa shape index (κ1) is 19.7. The first-order valence-electron chi connectivity index (χ1n) is 9.30. The van der Waals surface area contributed by atoms with Crippen molar-refractivity contribution in [3.05, 3.63) is 23.8 Å². The average Bonchev–Trinajstić information content (AvgIpc) is 3.11. The summed E-state index contributed by atoms with van der Waals surface area (Å²) in [7, 11) is 0. The fourth-order valence-electron chi connectivity index (χ4n) is 3.35. The lowest BCUT2D eigenvalue weighted by molar-refractivity contribution is -0.127. The van der Waals surface area contributed by atoms with E-state index < -0.39 is 24.0 Å². The van der Waals surface area contributed by atoms with E-state index in [9.17, 15) is 19.2 Å². The minimum atomic E-state index is -1.15. The molecular formula is C19H24N4O5. The quantitative estimate of drug-likeness (QED) is 0.671. The molecule has 1 fully saturated rings. The third-order valence-corrected chi connectivity index (χ3v) is 4.66. The minimum absolute atomic E-state index is 0.0839. The smallest absolute Gasteiger partial charge is 0.338 e. The Hall–Kier alpha value is -3.10. The lowest BCUT2D eigenvalue weighted by atomic mass is 10.1. The summed E-state index contributed by atoms with van der Waals surface area (Å²) in [5.41, 5.74) is 1.63. The van der Waals surface area contributed by atoms with Gasteiger partial charge in [0.1, 0.15) is 6.04 Å². The molecule has 0 bridgehead atoms. The molecule has 0 radical (unpaired) electrons. The Bertz CT molecular complexity index is 823. The number of carbonyl (C=O) groups excluding carboxylic acids is 4. The maximum atomic E-state index is 12.4. The molecule has 1 aromatic rings. The summed E-state index contributed by atoms with van der Waals surface area (Å²) in [6.07, 6.45) is 0.601. The second-order valence-corrected chi connectivity index (χ2v) is 7.24. The third kappa shape index (κ3) is 4.08. The summed E-state index contributed by atoms with van der Waals surface area (Å²) in [6.45, 7) is 5.69. The molecule has 0 spiro atoms. The highest BCUT2D eigenvalue weighted by Gasteiger charge is 2.36. The number of urea groups is 1. The molecule has 1 saturated heterocycles. The van der Waals surface area contributed by atoms with Crippen molar-refractivity contribution in [2.75, 3.05) is 16.8 Å². The topological polar surface area (TPSA) is 117 Å². The Morgan fingerprint density at radius 2 is 2.00 bits per heavy atom. The Labute approximate surface area is 162 Å². The monoisotopic (exact) mass is 388 g/mol. The molecule has 9 heteroatoms. The number of fused-ring (bicyclic) bond motifs is 3. The van der Waals surface area contributed by atoms with Crippen LogP contribution < -0.4 is 20.9 Å². The normalized spacial score (nSPS) is 18.6. The first-order valence-corrected chi connectivity index (χ1v) is 9.30. The molecule has 0 aliphatic carbocycles. The van der Waals surface area contributed by atoms with Crippen LogP contribution in [0.3, 0.4) is 0 Å². The van der Waals surface area contributed by atoms with Gasteiger partial charge < -0.3 is 20.3 Å². The highest BCUT2D eigenvalue weighted by Crippen LogP contribution is 2.37. The zero-order chi connectivity index (χ0) is 20.4. The second kappa shape index (κ2) is 7.87. The highest BCUT2D eigenvalue weighted by molar-refractivity contribution is 6.06. The average molecular weight is 388 g/mol. The van der Waals surface area contributed by atoms with Gasteiger partial charge in [-0.25, -0.2) is 9.59 Å². The van der Waals surface area contributed by atoms with Crippen LogP contribution in [0.25, 0.3) is 0 Å². The third-order valence-electron chi connectivity index (χ3n) is 4.66. The van der Waals surface area contributed by atoms with Crippen LogP contribution in [0.15, 0.2) is 18.2 Å². The fraction of sp³-hybridized carbons (Fsp3) is 0.474. The standard InChI is InChI=1S/C19H24N4O5/c1-10(2)20-19(27)22-16(24)11(3)28-18(26)12-6-7-14-13(9-12)21-17(25)15-5-4-8-23(14)15/h6-7,9-11,15H,4-5,8H2,1-3H3,(H,21,25)(H2,20,22,24,27)/t11-,15-/m1/s1.